The number of hydrogen-bond donors (Lipinski definition) is 2. The number of nitrogens with one attached hydrogen (secondary N) is 2. The molecule has 0 radical (unpaired) electrons. The van der Waals surface area contributed by atoms with Crippen LogP contribution in [-0.4, -0.2) is 32.0 Å². The number of hydrogen-bond acceptors (Lipinski definition) is 5. The Morgan fingerprint density at radius 2 is 1.74 bits per heavy atom. The standard InChI is InChI=1S/C19H20N6O2/c1-2-14-8-10-16(11-9-14)18(26)21-22-19(27)17(25-13-20-23-24-25)12-15-6-4-3-5-7-15/h3-11,13,17H,2,12H2,1H3,(H,21,26)(H,22,27). The smallest absolute Gasteiger partial charge is 0.269 e. The minimum atomic E-state index is -0.690. The van der Waals surface area contributed by atoms with E-state index < -0.39 is 11.9 Å². The number of tetrazole rings is 1. The van der Waals surface area contributed by atoms with Crippen LogP contribution in [0.4, 0.5) is 0 Å². The number of benzene rings is 2. The molecule has 138 valence electrons. The van der Waals surface area contributed by atoms with Crippen molar-refractivity contribution >= 4 is 11.8 Å². The molecule has 0 aliphatic carbocycles. The van der Waals surface area contributed by atoms with E-state index in [1.165, 1.54) is 11.0 Å². The third-order valence-corrected chi connectivity index (χ3v) is 4.18. The first-order valence-electron chi connectivity index (χ1n) is 8.63. The third kappa shape index (κ3) is 4.75. The number of aryl methyl sites for hydroxylation is 1. The second kappa shape index (κ2) is 8.70. The van der Waals surface area contributed by atoms with Gasteiger partial charge in [-0.2, -0.15) is 0 Å². The minimum absolute atomic E-state index is 0.388. The Morgan fingerprint density at radius 1 is 1.00 bits per heavy atom. The van der Waals surface area contributed by atoms with Crippen LogP contribution in [-0.2, 0) is 17.6 Å². The molecule has 3 rings (SSSR count). The summed E-state index contributed by atoms with van der Waals surface area (Å²) in [5, 5.41) is 11.0. The lowest BCUT2D eigenvalue weighted by molar-refractivity contribution is -0.125. The number of carbonyl (C=O) groups excluding carboxylic acids is 2. The van der Waals surface area contributed by atoms with Gasteiger partial charge in [0.05, 0.1) is 0 Å². The molecule has 8 heteroatoms. The highest BCUT2D eigenvalue weighted by molar-refractivity contribution is 5.95. The van der Waals surface area contributed by atoms with Gasteiger partial charge in [0, 0.05) is 12.0 Å². The molecule has 2 aromatic carbocycles. The highest BCUT2D eigenvalue weighted by atomic mass is 16.2. The first-order chi connectivity index (χ1) is 13.2. The van der Waals surface area contributed by atoms with Crippen LogP contribution in [0.25, 0.3) is 0 Å². The summed E-state index contributed by atoms with van der Waals surface area (Å²) in [6.07, 6.45) is 2.66. The van der Waals surface area contributed by atoms with E-state index >= 15 is 0 Å². The highest BCUT2D eigenvalue weighted by Crippen LogP contribution is 2.13. The van der Waals surface area contributed by atoms with Gasteiger partial charge >= 0.3 is 0 Å². The van der Waals surface area contributed by atoms with E-state index in [1.807, 2.05) is 49.4 Å². The second-order valence-corrected chi connectivity index (χ2v) is 5.99. The van der Waals surface area contributed by atoms with Crippen molar-refractivity contribution in [3.8, 4) is 0 Å². The summed E-state index contributed by atoms with van der Waals surface area (Å²) in [7, 11) is 0. The van der Waals surface area contributed by atoms with Crippen molar-refractivity contribution in [2.24, 2.45) is 0 Å². The average molecular weight is 364 g/mol. The first kappa shape index (κ1) is 18.2. The molecular weight excluding hydrogens is 344 g/mol. The quantitative estimate of drug-likeness (QED) is 0.645. The monoisotopic (exact) mass is 364 g/mol. The topological polar surface area (TPSA) is 102 Å². The Bertz CT molecular complexity index is 878. The minimum Gasteiger partial charge on any atom is -0.271 e. The number of carbonyl (C=O) groups is 2. The van der Waals surface area contributed by atoms with Gasteiger partial charge in [-0.15, -0.1) is 5.10 Å². The Labute approximate surface area is 156 Å². The molecule has 0 aliphatic rings. The lowest BCUT2D eigenvalue weighted by atomic mass is 10.1. The number of nitrogens with zero attached hydrogens (tertiary/aromatic N) is 4. The Morgan fingerprint density at radius 3 is 2.37 bits per heavy atom. The van der Waals surface area contributed by atoms with E-state index in [4.69, 9.17) is 0 Å². The highest BCUT2D eigenvalue weighted by Gasteiger charge is 2.23. The third-order valence-electron chi connectivity index (χ3n) is 4.18. The molecule has 0 saturated carbocycles. The average Bonchev–Trinajstić information content (AvgIpc) is 3.25. The molecule has 8 nitrogen and oxygen atoms in total. The lowest BCUT2D eigenvalue weighted by Crippen LogP contribution is -2.45. The van der Waals surface area contributed by atoms with Crippen LogP contribution in [0.1, 0.15) is 34.5 Å². The SMILES string of the molecule is CCc1ccc(C(=O)NNC(=O)C(Cc2ccccc2)n2cnnn2)cc1. The fourth-order valence-electron chi connectivity index (χ4n) is 2.62. The van der Waals surface area contributed by atoms with E-state index in [0.29, 0.717) is 12.0 Å². The summed E-state index contributed by atoms with van der Waals surface area (Å²) >= 11 is 0. The van der Waals surface area contributed by atoms with Crippen molar-refractivity contribution in [1.29, 1.82) is 0 Å². The van der Waals surface area contributed by atoms with Gasteiger partial charge in [-0.1, -0.05) is 49.4 Å². The number of hydrazine groups is 1. The molecule has 1 aromatic heterocycles. The normalized spacial score (nSPS) is 11.6. The van der Waals surface area contributed by atoms with Crippen LogP contribution in [0.2, 0.25) is 0 Å². The van der Waals surface area contributed by atoms with Crippen molar-refractivity contribution < 1.29 is 9.59 Å². The molecule has 0 spiro atoms. The predicted molar refractivity (Wildman–Crippen MR) is 98.4 cm³/mol. The van der Waals surface area contributed by atoms with E-state index in [9.17, 15) is 9.59 Å². The molecule has 1 heterocycles. The molecule has 1 unspecified atom stereocenters. The van der Waals surface area contributed by atoms with Crippen LogP contribution < -0.4 is 10.9 Å². The van der Waals surface area contributed by atoms with Gasteiger partial charge in [0.15, 0.2) is 0 Å². The summed E-state index contributed by atoms with van der Waals surface area (Å²) in [6, 6.07) is 16.1. The predicted octanol–water partition coefficient (Wildman–Crippen LogP) is 1.48. The van der Waals surface area contributed by atoms with E-state index in [2.05, 4.69) is 26.4 Å². The first-order valence-corrected chi connectivity index (χ1v) is 8.63. The van der Waals surface area contributed by atoms with E-state index in [1.54, 1.807) is 12.1 Å². The summed E-state index contributed by atoms with van der Waals surface area (Å²) < 4.78 is 1.37. The van der Waals surface area contributed by atoms with Gasteiger partial charge in [-0.3, -0.25) is 20.4 Å². The molecule has 3 aromatic rings. The molecule has 0 saturated heterocycles. The van der Waals surface area contributed by atoms with Gasteiger partial charge in [0.1, 0.15) is 12.4 Å². The zero-order valence-corrected chi connectivity index (χ0v) is 14.9. The molecule has 2 amide bonds. The molecule has 1 atom stereocenters. The maximum absolute atomic E-state index is 12.6. The van der Waals surface area contributed by atoms with Crippen molar-refractivity contribution in [3.05, 3.63) is 77.6 Å². The molecule has 27 heavy (non-hydrogen) atoms. The largest absolute Gasteiger partial charge is 0.271 e. The van der Waals surface area contributed by atoms with E-state index in [-0.39, 0.29) is 5.91 Å². The Kier molecular flexibility index (Phi) is 5.88. The number of amides is 2. The van der Waals surface area contributed by atoms with Crippen LogP contribution in [0.15, 0.2) is 60.9 Å². The molecule has 2 N–H and O–H groups in total. The van der Waals surface area contributed by atoms with Crippen molar-refractivity contribution in [2.45, 2.75) is 25.8 Å². The lowest BCUT2D eigenvalue weighted by Gasteiger charge is -2.16. The summed E-state index contributed by atoms with van der Waals surface area (Å²) in [5.41, 5.74) is 7.46. The Hall–Kier alpha value is -3.55. The van der Waals surface area contributed by atoms with Crippen LogP contribution in [0.5, 0.6) is 0 Å². The van der Waals surface area contributed by atoms with Gasteiger partial charge in [-0.05, 0) is 40.1 Å². The summed E-state index contributed by atoms with van der Waals surface area (Å²) in [5.74, 6) is -0.800. The van der Waals surface area contributed by atoms with Crippen LogP contribution in [0, 0.1) is 0 Å². The second-order valence-electron chi connectivity index (χ2n) is 5.99. The fraction of sp³-hybridized carbons (Fsp3) is 0.211. The molecule has 0 bridgehead atoms. The van der Waals surface area contributed by atoms with Crippen molar-refractivity contribution in [3.63, 3.8) is 0 Å². The summed E-state index contributed by atoms with van der Waals surface area (Å²) in [4.78, 5) is 24.9. The van der Waals surface area contributed by atoms with Gasteiger partial charge in [0.25, 0.3) is 11.8 Å². The van der Waals surface area contributed by atoms with Crippen LogP contribution >= 0.6 is 0 Å². The van der Waals surface area contributed by atoms with Gasteiger partial charge < -0.3 is 0 Å². The van der Waals surface area contributed by atoms with Crippen molar-refractivity contribution in [1.82, 2.24) is 31.1 Å². The van der Waals surface area contributed by atoms with Gasteiger partial charge in [-0.25, -0.2) is 4.68 Å². The Balaban J connectivity index is 1.66. The maximum Gasteiger partial charge on any atom is 0.269 e. The molecule has 0 fully saturated rings. The van der Waals surface area contributed by atoms with Gasteiger partial charge in [0.2, 0.25) is 0 Å². The van der Waals surface area contributed by atoms with Crippen LogP contribution in [0.3, 0.4) is 0 Å². The summed E-state index contributed by atoms with van der Waals surface area (Å²) in [6.45, 7) is 2.04. The van der Waals surface area contributed by atoms with Crippen molar-refractivity contribution in [2.75, 3.05) is 0 Å². The fourth-order valence-corrected chi connectivity index (χ4v) is 2.62. The number of aromatic nitrogens is 4. The number of rotatable bonds is 6. The van der Waals surface area contributed by atoms with E-state index in [0.717, 1.165) is 17.5 Å². The molecule has 0 aliphatic heterocycles. The maximum atomic E-state index is 12.6. The zero-order chi connectivity index (χ0) is 19.1. The zero-order valence-electron chi connectivity index (χ0n) is 14.9. The molecular formula is C19H20N6O2.